The van der Waals surface area contributed by atoms with E-state index in [1.54, 1.807) is 0 Å². The molecule has 1 aliphatic carbocycles. The topological polar surface area (TPSA) is 192 Å². The van der Waals surface area contributed by atoms with Gasteiger partial charge >= 0.3 is 13.8 Å². The van der Waals surface area contributed by atoms with Gasteiger partial charge in [-0.15, -0.1) is 0 Å². The number of carbonyl (C=O) groups is 1. The second-order valence-electron chi connectivity index (χ2n) is 17.6. The molecule has 0 saturated heterocycles. The van der Waals surface area contributed by atoms with E-state index in [0.29, 0.717) is 13.0 Å². The Morgan fingerprint density at radius 3 is 1.21 bits per heavy atom. The van der Waals surface area contributed by atoms with Gasteiger partial charge < -0.3 is 39.9 Å². The van der Waals surface area contributed by atoms with Crippen molar-refractivity contribution in [3.63, 3.8) is 0 Å². The molecular formula is C57H93O12P. The number of hydrogen-bond acceptors (Lipinski definition) is 11. The molecule has 0 aromatic heterocycles. The van der Waals surface area contributed by atoms with E-state index in [1.165, 1.54) is 0 Å². The van der Waals surface area contributed by atoms with Gasteiger partial charge in [0.2, 0.25) is 0 Å². The number of carbonyl (C=O) groups excluding carboxylic acids is 1. The van der Waals surface area contributed by atoms with Crippen LogP contribution in [0.3, 0.4) is 0 Å². The van der Waals surface area contributed by atoms with Gasteiger partial charge in [-0.3, -0.25) is 13.8 Å². The maximum absolute atomic E-state index is 12.9. The summed E-state index contributed by atoms with van der Waals surface area (Å²) in [5.74, 6) is -0.504. The van der Waals surface area contributed by atoms with E-state index in [0.717, 1.165) is 141 Å². The molecule has 1 saturated carbocycles. The van der Waals surface area contributed by atoms with Crippen LogP contribution in [0.4, 0.5) is 0 Å². The molecule has 398 valence electrons. The molecular weight excluding hydrogens is 908 g/mol. The number of esters is 1. The van der Waals surface area contributed by atoms with Gasteiger partial charge in [-0.2, -0.15) is 0 Å². The van der Waals surface area contributed by atoms with Crippen molar-refractivity contribution in [2.75, 3.05) is 19.8 Å². The first kappa shape index (κ1) is 64.8. The lowest BCUT2D eigenvalue weighted by molar-refractivity contribution is -0.220. The molecule has 0 radical (unpaired) electrons. The minimum absolute atomic E-state index is 0.105. The number of aliphatic hydroxyl groups is 5. The minimum Gasteiger partial charge on any atom is -0.457 e. The Morgan fingerprint density at radius 2 is 0.800 bits per heavy atom. The van der Waals surface area contributed by atoms with E-state index < -0.39 is 63.1 Å². The van der Waals surface area contributed by atoms with Gasteiger partial charge in [0.15, 0.2) is 0 Å². The van der Waals surface area contributed by atoms with Gasteiger partial charge in [-0.05, 0) is 103 Å². The molecule has 0 aromatic carbocycles. The number of ether oxygens (including phenoxy) is 2. The first-order chi connectivity index (χ1) is 34.0. The number of hydrogen-bond donors (Lipinski definition) is 6. The average Bonchev–Trinajstić information content (AvgIpc) is 3.35. The van der Waals surface area contributed by atoms with Gasteiger partial charge in [0, 0.05) is 13.0 Å². The number of rotatable bonds is 43. The zero-order valence-electron chi connectivity index (χ0n) is 42.8. The molecule has 0 aromatic rings. The standard InChI is InChI=1S/C57H93O12P/c1-3-5-7-9-11-13-15-17-19-21-23-24-25-26-27-29-31-33-35-37-39-41-43-45-47-66-48-50(49-67-70(64,65)69-57-55(62)53(60)52(59)54(61)56(57)63)68-51(58)46-44-42-40-38-36-34-32-30-28-22-20-18-16-14-12-10-8-6-4-2/h5-8,11-14,17-20,23-24,26-28,30-31,33,50,52-57,59-63H,3-4,9-10,15-16,21-22,25,29,32,34-49H2,1-2H3,(H,64,65)/b7-5-,8-6-,13-11-,14-12-,19-17-,20-18-,24-23-,27-26-,30-28-,33-31-. The molecule has 6 unspecified atom stereocenters. The van der Waals surface area contributed by atoms with Crippen LogP contribution in [0.15, 0.2) is 122 Å². The number of unbranched alkanes of at least 4 members (excludes halogenated alkanes) is 11. The fourth-order valence-corrected chi connectivity index (χ4v) is 8.20. The lowest BCUT2D eigenvalue weighted by Crippen LogP contribution is -2.64. The Balaban J connectivity index is 2.38. The summed E-state index contributed by atoms with van der Waals surface area (Å²) in [7, 11) is -5.04. The van der Waals surface area contributed by atoms with Crippen LogP contribution in [0.1, 0.15) is 168 Å². The smallest absolute Gasteiger partial charge is 0.457 e. The van der Waals surface area contributed by atoms with Crippen molar-refractivity contribution in [3.8, 4) is 0 Å². The van der Waals surface area contributed by atoms with Crippen molar-refractivity contribution in [1.29, 1.82) is 0 Å². The Kier molecular flexibility index (Phi) is 42.2. The fourth-order valence-electron chi connectivity index (χ4n) is 7.23. The Labute approximate surface area is 422 Å². The van der Waals surface area contributed by atoms with Crippen LogP contribution < -0.4 is 0 Å². The van der Waals surface area contributed by atoms with E-state index >= 15 is 0 Å². The van der Waals surface area contributed by atoms with E-state index in [9.17, 15) is 39.8 Å². The molecule has 0 spiro atoms. The Morgan fingerprint density at radius 1 is 0.457 bits per heavy atom. The van der Waals surface area contributed by atoms with Crippen molar-refractivity contribution < 1.29 is 58.3 Å². The average molecular weight is 1000 g/mol. The lowest BCUT2D eigenvalue weighted by atomic mass is 9.85. The summed E-state index contributed by atoms with van der Waals surface area (Å²) < 4.78 is 34.3. The van der Waals surface area contributed by atoms with Crippen LogP contribution in [-0.2, 0) is 27.9 Å². The van der Waals surface area contributed by atoms with Crippen molar-refractivity contribution in [1.82, 2.24) is 0 Å². The Hall–Kier alpha value is -3.26. The molecule has 13 heteroatoms. The van der Waals surface area contributed by atoms with Crippen LogP contribution in [0.2, 0.25) is 0 Å². The normalized spacial score (nSPS) is 21.9. The zero-order chi connectivity index (χ0) is 51.2. The summed E-state index contributed by atoms with van der Waals surface area (Å²) in [6, 6.07) is 0. The van der Waals surface area contributed by atoms with Gasteiger partial charge in [0.25, 0.3) is 0 Å². The monoisotopic (exact) mass is 1000 g/mol. The second kappa shape index (κ2) is 45.6. The fraction of sp³-hybridized carbons (Fsp3) is 0.632. The number of phosphoric acid groups is 1. The molecule has 1 rings (SSSR count). The van der Waals surface area contributed by atoms with Crippen molar-refractivity contribution >= 4 is 13.8 Å². The van der Waals surface area contributed by atoms with Crippen molar-refractivity contribution in [2.24, 2.45) is 0 Å². The molecule has 1 aliphatic rings. The summed E-state index contributed by atoms with van der Waals surface area (Å²) in [5, 5.41) is 50.4. The molecule has 0 amide bonds. The van der Waals surface area contributed by atoms with Gasteiger partial charge in [-0.25, -0.2) is 4.57 Å². The summed E-state index contributed by atoms with van der Waals surface area (Å²) >= 11 is 0. The number of phosphoric ester groups is 1. The summed E-state index contributed by atoms with van der Waals surface area (Å²) in [6.45, 7) is 3.96. The maximum atomic E-state index is 12.9. The summed E-state index contributed by atoms with van der Waals surface area (Å²) in [4.78, 5) is 23.3. The minimum atomic E-state index is -5.04. The van der Waals surface area contributed by atoms with Crippen molar-refractivity contribution in [3.05, 3.63) is 122 Å². The molecule has 70 heavy (non-hydrogen) atoms. The van der Waals surface area contributed by atoms with E-state index in [1.807, 2.05) is 0 Å². The second-order valence-corrected chi connectivity index (χ2v) is 19.0. The van der Waals surface area contributed by atoms with Crippen LogP contribution in [0.25, 0.3) is 0 Å². The molecule has 1 fully saturated rings. The van der Waals surface area contributed by atoms with E-state index in [-0.39, 0.29) is 13.0 Å². The van der Waals surface area contributed by atoms with Gasteiger partial charge in [0.05, 0.1) is 13.2 Å². The molecule has 0 aliphatic heterocycles. The maximum Gasteiger partial charge on any atom is 0.472 e. The van der Waals surface area contributed by atoms with E-state index in [2.05, 4.69) is 135 Å². The summed E-state index contributed by atoms with van der Waals surface area (Å²) in [5.41, 5.74) is 0. The molecule has 0 heterocycles. The molecule has 6 atom stereocenters. The van der Waals surface area contributed by atoms with Crippen LogP contribution in [-0.4, -0.2) is 98.9 Å². The summed E-state index contributed by atoms with van der Waals surface area (Å²) in [6.07, 6.45) is 54.0. The van der Waals surface area contributed by atoms with E-state index in [4.69, 9.17) is 18.5 Å². The van der Waals surface area contributed by atoms with Crippen molar-refractivity contribution in [2.45, 2.75) is 211 Å². The predicted molar refractivity (Wildman–Crippen MR) is 285 cm³/mol. The zero-order valence-corrected chi connectivity index (χ0v) is 43.7. The SMILES string of the molecule is CC/C=C\C/C=C\C/C=C\C/C=C\C/C=C\C/C=C\CCCCCCCOCC(COP(=O)(O)OC1C(O)C(O)C(O)C(O)C1O)OC(=O)CCCCCCCC/C=C\C/C=C\C/C=C\C/C=C\CC. The van der Waals surface area contributed by atoms with Crippen LogP contribution in [0, 0.1) is 0 Å². The molecule has 12 nitrogen and oxygen atoms in total. The number of allylic oxidation sites excluding steroid dienone is 20. The quantitative estimate of drug-likeness (QED) is 0.0147. The third-order valence-corrected chi connectivity index (χ3v) is 12.3. The first-order valence-electron chi connectivity index (χ1n) is 26.4. The third kappa shape index (κ3) is 36.6. The molecule has 0 bridgehead atoms. The van der Waals surface area contributed by atoms with Crippen LogP contribution in [0.5, 0.6) is 0 Å². The lowest BCUT2D eigenvalue weighted by Gasteiger charge is -2.41. The highest BCUT2D eigenvalue weighted by Gasteiger charge is 2.51. The Bertz CT molecular complexity index is 1610. The number of aliphatic hydroxyl groups excluding tert-OH is 5. The van der Waals surface area contributed by atoms with Gasteiger partial charge in [-0.1, -0.05) is 180 Å². The largest absolute Gasteiger partial charge is 0.472 e. The first-order valence-corrected chi connectivity index (χ1v) is 27.9. The van der Waals surface area contributed by atoms with Gasteiger partial charge in [0.1, 0.15) is 42.7 Å². The predicted octanol–water partition coefficient (Wildman–Crippen LogP) is 12.2. The molecule has 6 N–H and O–H groups in total. The highest BCUT2D eigenvalue weighted by Crippen LogP contribution is 2.47. The highest BCUT2D eigenvalue weighted by atomic mass is 31.2. The van der Waals surface area contributed by atoms with Crippen LogP contribution >= 0.6 is 7.82 Å². The highest BCUT2D eigenvalue weighted by molar-refractivity contribution is 7.47. The third-order valence-electron chi connectivity index (χ3n) is 11.3.